The Morgan fingerprint density at radius 1 is 1.26 bits per heavy atom. The van der Waals surface area contributed by atoms with Crippen LogP contribution in [0.4, 0.5) is 10.6 Å². The van der Waals surface area contributed by atoms with Gasteiger partial charge in [-0.25, -0.2) is 29.6 Å². The summed E-state index contributed by atoms with van der Waals surface area (Å²) in [6, 6.07) is 8.89. The first-order chi connectivity index (χ1) is 16.6. The summed E-state index contributed by atoms with van der Waals surface area (Å²) in [5, 5.41) is 10.1. The molecule has 5 rings (SSSR count). The highest BCUT2D eigenvalue weighted by molar-refractivity contribution is 6.03. The molecule has 0 unspecified atom stereocenters. The predicted molar refractivity (Wildman–Crippen MR) is 124 cm³/mol. The van der Waals surface area contributed by atoms with Crippen LogP contribution >= 0.6 is 0 Å². The van der Waals surface area contributed by atoms with Gasteiger partial charge in [-0.05, 0) is 31.9 Å². The lowest BCUT2D eigenvalue weighted by atomic mass is 10.1. The van der Waals surface area contributed by atoms with Crippen molar-refractivity contribution in [1.82, 2.24) is 29.8 Å². The number of hydrogen-bond acceptors (Lipinski definition) is 8. The summed E-state index contributed by atoms with van der Waals surface area (Å²) in [6.45, 7) is 2.81. The molecule has 1 saturated heterocycles. The zero-order chi connectivity index (χ0) is 23.7. The Kier molecular flexibility index (Phi) is 5.66. The molecule has 4 heterocycles. The van der Waals surface area contributed by atoms with Crippen molar-refractivity contribution in [2.75, 3.05) is 24.6 Å². The van der Waals surface area contributed by atoms with E-state index in [1.54, 1.807) is 19.3 Å². The van der Waals surface area contributed by atoms with Crippen LogP contribution in [0.25, 0.3) is 22.1 Å². The number of carboxylic acid groups (broad SMARTS) is 1. The number of para-hydroxylation sites is 1. The van der Waals surface area contributed by atoms with Crippen LogP contribution in [0, 0.1) is 0 Å². The molecule has 1 aliphatic rings. The quantitative estimate of drug-likeness (QED) is 0.443. The number of anilines is 1. The van der Waals surface area contributed by atoms with Gasteiger partial charge in [0.15, 0.2) is 11.5 Å². The molecule has 0 saturated carbocycles. The molecule has 34 heavy (non-hydrogen) atoms. The van der Waals surface area contributed by atoms with Gasteiger partial charge in [-0.3, -0.25) is 4.79 Å². The van der Waals surface area contributed by atoms with E-state index in [9.17, 15) is 14.7 Å². The third-order valence-electron chi connectivity index (χ3n) is 5.97. The molecule has 1 fully saturated rings. The van der Waals surface area contributed by atoms with Crippen LogP contribution in [-0.2, 0) is 0 Å². The lowest BCUT2D eigenvalue weighted by Crippen LogP contribution is -2.36. The summed E-state index contributed by atoms with van der Waals surface area (Å²) in [4.78, 5) is 47.5. The predicted octanol–water partition coefficient (Wildman–Crippen LogP) is 3.09. The summed E-state index contributed by atoms with van der Waals surface area (Å²) in [6.07, 6.45) is 3.69. The number of amides is 2. The van der Waals surface area contributed by atoms with E-state index in [0.29, 0.717) is 23.5 Å². The number of rotatable bonds is 6. The third-order valence-corrected chi connectivity index (χ3v) is 5.97. The second kappa shape index (κ2) is 8.93. The molecule has 0 spiro atoms. The molecule has 1 aliphatic heterocycles. The largest absolute Gasteiger partial charge is 0.491 e. The van der Waals surface area contributed by atoms with Crippen LogP contribution in [0.3, 0.4) is 0 Å². The van der Waals surface area contributed by atoms with Gasteiger partial charge < -0.3 is 19.7 Å². The van der Waals surface area contributed by atoms with Crippen molar-refractivity contribution in [3.8, 4) is 5.75 Å². The average molecular weight is 461 g/mol. The summed E-state index contributed by atoms with van der Waals surface area (Å²) < 4.78 is 6.24. The van der Waals surface area contributed by atoms with Crippen molar-refractivity contribution in [3.63, 3.8) is 0 Å². The number of H-pyrrole nitrogens is 1. The molecule has 0 aliphatic carbocycles. The molecular weight excluding hydrogens is 438 g/mol. The topological polar surface area (TPSA) is 137 Å². The highest BCUT2D eigenvalue weighted by Crippen LogP contribution is 2.30. The molecule has 4 aromatic rings. The lowest BCUT2D eigenvalue weighted by molar-refractivity contribution is 0.0745. The fourth-order valence-corrected chi connectivity index (χ4v) is 4.32. The van der Waals surface area contributed by atoms with Gasteiger partial charge in [-0.1, -0.05) is 12.1 Å². The number of nitrogens with one attached hydrogen (secondary N) is 1. The van der Waals surface area contributed by atoms with Gasteiger partial charge in [0, 0.05) is 24.5 Å². The Bertz CT molecular complexity index is 1370. The molecule has 174 valence electrons. The van der Waals surface area contributed by atoms with E-state index >= 15 is 0 Å². The molecule has 2 N–H and O–H groups in total. The Hall–Kier alpha value is -4.28. The fourth-order valence-electron chi connectivity index (χ4n) is 4.32. The van der Waals surface area contributed by atoms with Crippen molar-refractivity contribution in [2.45, 2.75) is 25.8 Å². The van der Waals surface area contributed by atoms with E-state index in [0.717, 1.165) is 41.0 Å². The SMILES string of the molecule is CCN(C(=O)O)C(=O)c1cc(OC[C@H]2CCCN2c2ncnc3nc[nH]c23)c2ccccc2n1. The molecule has 0 bridgehead atoms. The highest BCUT2D eigenvalue weighted by atomic mass is 16.5. The van der Waals surface area contributed by atoms with Gasteiger partial charge in [0.05, 0.1) is 17.9 Å². The molecule has 0 radical (unpaired) electrons. The van der Waals surface area contributed by atoms with Gasteiger partial charge in [0.25, 0.3) is 5.91 Å². The van der Waals surface area contributed by atoms with Crippen LogP contribution in [0.2, 0.25) is 0 Å². The Labute approximate surface area is 194 Å². The number of hydrogen-bond donors (Lipinski definition) is 2. The molecule has 11 nitrogen and oxygen atoms in total. The van der Waals surface area contributed by atoms with E-state index in [2.05, 4.69) is 29.8 Å². The minimum absolute atomic E-state index is 0.0243. The lowest BCUT2D eigenvalue weighted by Gasteiger charge is -2.26. The third kappa shape index (κ3) is 3.85. The monoisotopic (exact) mass is 461 g/mol. The fraction of sp³-hybridized carbons (Fsp3) is 0.304. The standard InChI is InChI=1S/C23H23N7O4/c1-2-29(23(32)33)22(31)17-10-18(15-7-3-4-8-16(15)28-17)34-11-14-6-5-9-30(14)21-19-20(25-12-24-19)26-13-27-21/h3-4,7-8,10,12-14H,2,5-6,9,11H2,1H3,(H,32,33)(H,24,25,26,27)/t14-/m1/s1. The van der Waals surface area contributed by atoms with E-state index in [1.165, 1.54) is 12.4 Å². The maximum atomic E-state index is 12.8. The van der Waals surface area contributed by atoms with Gasteiger partial charge in [-0.2, -0.15) is 0 Å². The Balaban J connectivity index is 1.44. The van der Waals surface area contributed by atoms with Crippen molar-refractivity contribution in [3.05, 3.63) is 48.7 Å². The number of imidazole rings is 1. The number of fused-ring (bicyclic) bond motifs is 2. The van der Waals surface area contributed by atoms with E-state index in [-0.39, 0.29) is 18.3 Å². The second-order valence-corrected chi connectivity index (χ2v) is 7.95. The maximum Gasteiger partial charge on any atom is 0.414 e. The summed E-state index contributed by atoms with van der Waals surface area (Å²) in [7, 11) is 0. The summed E-state index contributed by atoms with van der Waals surface area (Å²) in [5.41, 5.74) is 1.97. The van der Waals surface area contributed by atoms with Gasteiger partial charge in [-0.15, -0.1) is 0 Å². The normalized spacial score (nSPS) is 15.7. The highest BCUT2D eigenvalue weighted by Gasteiger charge is 2.29. The van der Waals surface area contributed by atoms with Crippen molar-refractivity contribution in [1.29, 1.82) is 0 Å². The minimum Gasteiger partial charge on any atom is -0.491 e. The summed E-state index contributed by atoms with van der Waals surface area (Å²) in [5.74, 6) is 0.580. The van der Waals surface area contributed by atoms with Crippen molar-refractivity contribution in [2.24, 2.45) is 0 Å². The number of nitrogens with zero attached hydrogens (tertiary/aromatic N) is 6. The van der Waals surface area contributed by atoms with Crippen LogP contribution in [0.15, 0.2) is 43.0 Å². The van der Waals surface area contributed by atoms with Gasteiger partial charge >= 0.3 is 6.09 Å². The van der Waals surface area contributed by atoms with Crippen molar-refractivity contribution >= 4 is 39.9 Å². The number of carbonyl (C=O) groups is 2. The zero-order valence-corrected chi connectivity index (χ0v) is 18.5. The Morgan fingerprint density at radius 3 is 2.94 bits per heavy atom. The zero-order valence-electron chi connectivity index (χ0n) is 18.5. The van der Waals surface area contributed by atoms with Crippen LogP contribution in [0.5, 0.6) is 5.75 Å². The molecule has 2 amide bonds. The number of aromatic amines is 1. The molecular formula is C23H23N7O4. The van der Waals surface area contributed by atoms with Crippen LogP contribution < -0.4 is 9.64 Å². The molecule has 1 aromatic carbocycles. The average Bonchev–Trinajstić information content (AvgIpc) is 3.52. The molecule has 3 aromatic heterocycles. The summed E-state index contributed by atoms with van der Waals surface area (Å²) >= 11 is 0. The van der Waals surface area contributed by atoms with Crippen LogP contribution in [-0.4, -0.2) is 72.7 Å². The first kappa shape index (κ1) is 21.6. The first-order valence-electron chi connectivity index (χ1n) is 11.0. The molecule has 1 atom stereocenters. The van der Waals surface area contributed by atoms with Crippen LogP contribution in [0.1, 0.15) is 30.3 Å². The van der Waals surface area contributed by atoms with Crippen molar-refractivity contribution < 1.29 is 19.4 Å². The van der Waals surface area contributed by atoms with Gasteiger partial charge in [0.1, 0.15) is 29.9 Å². The smallest absolute Gasteiger partial charge is 0.414 e. The molecule has 11 heteroatoms. The number of aromatic nitrogens is 5. The number of carbonyl (C=O) groups excluding carboxylic acids is 1. The van der Waals surface area contributed by atoms with E-state index < -0.39 is 12.0 Å². The van der Waals surface area contributed by atoms with E-state index in [1.807, 2.05) is 18.2 Å². The first-order valence-corrected chi connectivity index (χ1v) is 11.0. The number of pyridine rings is 1. The second-order valence-electron chi connectivity index (χ2n) is 7.95. The minimum atomic E-state index is -1.32. The maximum absolute atomic E-state index is 12.8. The Morgan fingerprint density at radius 2 is 2.12 bits per heavy atom. The van der Waals surface area contributed by atoms with Gasteiger partial charge in [0.2, 0.25) is 0 Å². The van der Waals surface area contributed by atoms with E-state index in [4.69, 9.17) is 4.74 Å². The number of benzene rings is 1. The number of ether oxygens (including phenoxy) is 1. The number of imide groups is 1.